The number of benzene rings is 1. The molecule has 0 fully saturated rings. The molecule has 0 spiro atoms. The lowest BCUT2D eigenvalue weighted by Gasteiger charge is -2.10. The number of rotatable bonds is 3. The molecule has 1 heterocycles. The first-order chi connectivity index (χ1) is 9.65. The van der Waals surface area contributed by atoms with Crippen molar-refractivity contribution >= 4 is 11.3 Å². The summed E-state index contributed by atoms with van der Waals surface area (Å²) in [5.41, 5.74) is 1.26. The Bertz CT molecular complexity index is 577. The predicted molar refractivity (Wildman–Crippen MR) is 76.0 cm³/mol. The van der Waals surface area contributed by atoms with E-state index in [0.717, 1.165) is 17.7 Å². The first-order valence-electron chi connectivity index (χ1n) is 6.87. The number of aliphatic hydroxyl groups excluding tert-OH is 1. The summed E-state index contributed by atoms with van der Waals surface area (Å²) in [6.07, 6.45) is 3.62. The quantitative estimate of drug-likeness (QED) is 0.900. The Morgan fingerprint density at radius 2 is 1.85 bits per heavy atom. The van der Waals surface area contributed by atoms with E-state index in [1.54, 1.807) is 11.3 Å². The molecule has 1 nitrogen and oxygen atoms in total. The van der Waals surface area contributed by atoms with E-state index < -0.39 is 17.7 Å². The zero-order chi connectivity index (χ0) is 14.1. The monoisotopic (exact) mass is 294 g/mol. The number of thiophene rings is 1. The minimum Gasteiger partial charge on any atom is -0.387 e. The molecule has 1 aromatic carbocycles. The van der Waals surface area contributed by atoms with E-state index in [4.69, 9.17) is 0 Å². The Balaban J connectivity index is 1.82. The van der Waals surface area contributed by atoms with Gasteiger partial charge in [-0.25, -0.2) is 8.78 Å². The van der Waals surface area contributed by atoms with Crippen LogP contribution in [-0.2, 0) is 19.3 Å². The highest BCUT2D eigenvalue weighted by Gasteiger charge is 2.20. The molecule has 1 atom stereocenters. The molecule has 1 aliphatic carbocycles. The molecule has 0 aliphatic heterocycles. The van der Waals surface area contributed by atoms with Gasteiger partial charge in [-0.15, -0.1) is 11.3 Å². The number of aliphatic hydroxyl groups is 1. The van der Waals surface area contributed by atoms with Crippen molar-refractivity contribution in [3.63, 3.8) is 0 Å². The molecular formula is C16H16F2OS. The highest BCUT2D eigenvalue weighted by Crippen LogP contribution is 2.34. The topological polar surface area (TPSA) is 20.2 Å². The number of aryl methyl sites for hydroxylation is 2. The minimum atomic E-state index is -0.836. The van der Waals surface area contributed by atoms with Gasteiger partial charge in [0.2, 0.25) is 0 Å². The summed E-state index contributed by atoms with van der Waals surface area (Å²) >= 11 is 1.58. The van der Waals surface area contributed by atoms with Crippen molar-refractivity contribution in [3.05, 3.63) is 56.8 Å². The zero-order valence-corrected chi connectivity index (χ0v) is 11.9. The van der Waals surface area contributed by atoms with E-state index in [9.17, 15) is 13.9 Å². The molecule has 0 saturated carbocycles. The summed E-state index contributed by atoms with van der Waals surface area (Å²) in [4.78, 5) is 2.14. The molecule has 0 amide bonds. The lowest BCUT2D eigenvalue weighted by molar-refractivity contribution is 0.179. The third-order valence-electron chi connectivity index (χ3n) is 3.80. The van der Waals surface area contributed by atoms with Gasteiger partial charge in [-0.05, 0) is 49.4 Å². The average molecular weight is 294 g/mol. The Morgan fingerprint density at radius 3 is 2.55 bits per heavy atom. The van der Waals surface area contributed by atoms with Crippen molar-refractivity contribution in [2.75, 3.05) is 0 Å². The van der Waals surface area contributed by atoms with Gasteiger partial charge >= 0.3 is 0 Å². The van der Waals surface area contributed by atoms with Gasteiger partial charge in [0, 0.05) is 21.7 Å². The van der Waals surface area contributed by atoms with Crippen molar-refractivity contribution in [1.29, 1.82) is 0 Å². The molecule has 1 aromatic heterocycles. The van der Waals surface area contributed by atoms with Crippen molar-refractivity contribution in [2.24, 2.45) is 0 Å². The predicted octanol–water partition coefficient (Wildman–Crippen LogP) is 4.18. The summed E-state index contributed by atoms with van der Waals surface area (Å²) in [6, 6.07) is 5.79. The maximum atomic E-state index is 13.6. The van der Waals surface area contributed by atoms with Crippen LogP contribution in [0.1, 0.15) is 39.8 Å². The van der Waals surface area contributed by atoms with Crippen molar-refractivity contribution in [1.82, 2.24) is 0 Å². The third kappa shape index (κ3) is 2.63. The molecular weight excluding hydrogens is 278 g/mol. The van der Waals surface area contributed by atoms with Crippen LogP contribution in [0.25, 0.3) is 0 Å². The highest BCUT2D eigenvalue weighted by atomic mass is 32.1. The molecule has 3 rings (SSSR count). The van der Waals surface area contributed by atoms with Gasteiger partial charge in [-0.1, -0.05) is 6.07 Å². The zero-order valence-electron chi connectivity index (χ0n) is 11.0. The molecule has 1 unspecified atom stereocenters. The standard InChI is InChI=1S/C16H16F2OS/c17-12-5-3-6-13(18)11(12)9-14(19)16-8-10-4-1-2-7-15(10)20-16/h3,5-6,8,14,19H,1-2,4,7,9H2. The average Bonchev–Trinajstić information content (AvgIpc) is 2.87. The molecule has 0 saturated heterocycles. The van der Waals surface area contributed by atoms with Crippen LogP contribution in [0.15, 0.2) is 24.3 Å². The SMILES string of the molecule is OC(Cc1c(F)cccc1F)c1cc2c(s1)CCCC2. The fourth-order valence-electron chi connectivity index (χ4n) is 2.70. The fraction of sp³-hybridized carbons (Fsp3) is 0.375. The maximum absolute atomic E-state index is 13.6. The summed E-state index contributed by atoms with van der Waals surface area (Å²) in [7, 11) is 0. The molecule has 20 heavy (non-hydrogen) atoms. The molecule has 106 valence electrons. The van der Waals surface area contributed by atoms with Gasteiger partial charge in [0.1, 0.15) is 11.6 Å². The molecule has 4 heteroatoms. The van der Waals surface area contributed by atoms with Crippen molar-refractivity contribution in [3.8, 4) is 0 Å². The van der Waals surface area contributed by atoms with E-state index >= 15 is 0 Å². The van der Waals surface area contributed by atoms with Crippen molar-refractivity contribution < 1.29 is 13.9 Å². The minimum absolute atomic E-state index is 0.0160. The van der Waals surface area contributed by atoms with Crippen LogP contribution in [0.5, 0.6) is 0 Å². The van der Waals surface area contributed by atoms with E-state index in [2.05, 4.69) is 0 Å². The second-order valence-corrected chi connectivity index (χ2v) is 6.39. The maximum Gasteiger partial charge on any atom is 0.129 e. The van der Waals surface area contributed by atoms with Crippen LogP contribution in [0.3, 0.4) is 0 Å². The normalized spacial score (nSPS) is 15.9. The van der Waals surface area contributed by atoms with Crippen LogP contribution in [0, 0.1) is 11.6 Å². The first kappa shape index (κ1) is 13.7. The van der Waals surface area contributed by atoms with Gasteiger partial charge in [0.15, 0.2) is 0 Å². The fourth-order valence-corrected chi connectivity index (χ4v) is 3.94. The lowest BCUT2D eigenvalue weighted by Crippen LogP contribution is -2.04. The number of hydrogen-bond donors (Lipinski definition) is 1. The number of fused-ring (bicyclic) bond motifs is 1. The summed E-state index contributed by atoms with van der Waals surface area (Å²) in [6.45, 7) is 0. The smallest absolute Gasteiger partial charge is 0.129 e. The molecule has 2 aromatic rings. The van der Waals surface area contributed by atoms with Crippen LogP contribution in [0.4, 0.5) is 8.78 Å². The number of halogens is 2. The second-order valence-electron chi connectivity index (χ2n) is 5.22. The van der Waals surface area contributed by atoms with Crippen LogP contribution in [0.2, 0.25) is 0 Å². The van der Waals surface area contributed by atoms with E-state index in [1.807, 2.05) is 6.07 Å². The van der Waals surface area contributed by atoms with Gasteiger partial charge in [0.05, 0.1) is 6.10 Å². The summed E-state index contributed by atoms with van der Waals surface area (Å²) in [5.74, 6) is -1.18. The Kier molecular flexibility index (Phi) is 3.85. The van der Waals surface area contributed by atoms with E-state index in [-0.39, 0.29) is 12.0 Å². The molecule has 0 radical (unpaired) electrons. The lowest BCUT2D eigenvalue weighted by atomic mass is 9.98. The largest absolute Gasteiger partial charge is 0.387 e. The Morgan fingerprint density at radius 1 is 1.15 bits per heavy atom. The van der Waals surface area contributed by atoms with Gasteiger partial charge in [-0.2, -0.15) is 0 Å². The van der Waals surface area contributed by atoms with E-state index in [1.165, 1.54) is 41.5 Å². The second kappa shape index (κ2) is 5.62. The van der Waals surface area contributed by atoms with Crippen LogP contribution < -0.4 is 0 Å². The van der Waals surface area contributed by atoms with E-state index in [0.29, 0.717) is 0 Å². The van der Waals surface area contributed by atoms with Gasteiger partial charge < -0.3 is 5.11 Å². The van der Waals surface area contributed by atoms with Gasteiger partial charge in [-0.3, -0.25) is 0 Å². The van der Waals surface area contributed by atoms with Crippen LogP contribution in [-0.4, -0.2) is 5.11 Å². The summed E-state index contributed by atoms with van der Waals surface area (Å²) < 4.78 is 27.2. The molecule has 1 aliphatic rings. The van der Waals surface area contributed by atoms with Crippen molar-refractivity contribution in [2.45, 2.75) is 38.2 Å². The third-order valence-corrected chi connectivity index (χ3v) is 5.14. The highest BCUT2D eigenvalue weighted by molar-refractivity contribution is 7.12. The van der Waals surface area contributed by atoms with Gasteiger partial charge in [0.25, 0.3) is 0 Å². The van der Waals surface area contributed by atoms with Crippen LogP contribution >= 0.6 is 11.3 Å². The summed E-state index contributed by atoms with van der Waals surface area (Å²) in [5, 5.41) is 10.2. The first-order valence-corrected chi connectivity index (χ1v) is 7.69. The number of hydrogen-bond acceptors (Lipinski definition) is 2. The molecule has 0 bridgehead atoms. The Labute approximate surface area is 120 Å². The Hall–Kier alpha value is -1.26. The molecule has 1 N–H and O–H groups in total.